The van der Waals surface area contributed by atoms with Gasteiger partial charge in [-0.05, 0) is 31.0 Å². The highest BCUT2D eigenvalue weighted by Crippen LogP contribution is 2.22. The zero-order chi connectivity index (χ0) is 14.1. The lowest BCUT2D eigenvalue weighted by Crippen LogP contribution is -2.37. The first kappa shape index (κ1) is 12.8. The summed E-state index contributed by atoms with van der Waals surface area (Å²) in [5.41, 5.74) is 0.691. The lowest BCUT2D eigenvalue weighted by atomic mass is 9.97. The topological polar surface area (TPSA) is 66.3 Å². The van der Waals surface area contributed by atoms with Crippen LogP contribution in [0.1, 0.15) is 12.8 Å². The van der Waals surface area contributed by atoms with Crippen LogP contribution in [0.4, 0.5) is 10.3 Å². The molecule has 0 spiro atoms. The van der Waals surface area contributed by atoms with E-state index in [2.05, 4.69) is 9.97 Å². The molecule has 1 aromatic heterocycles. The fourth-order valence-corrected chi connectivity index (χ4v) is 2.47. The summed E-state index contributed by atoms with van der Waals surface area (Å²) in [6.07, 6.45) is 2.80. The molecule has 3 rings (SSSR count). The summed E-state index contributed by atoms with van der Waals surface area (Å²) in [5.74, 6) is -0.746. The van der Waals surface area contributed by atoms with Gasteiger partial charge in [-0.15, -0.1) is 0 Å². The van der Waals surface area contributed by atoms with Crippen LogP contribution in [0.3, 0.4) is 0 Å². The zero-order valence-corrected chi connectivity index (χ0v) is 10.8. The zero-order valence-electron chi connectivity index (χ0n) is 10.8. The predicted octanol–water partition coefficient (Wildman–Crippen LogP) is 2.07. The summed E-state index contributed by atoms with van der Waals surface area (Å²) < 4.78 is 13.1. The Balaban J connectivity index is 1.81. The summed E-state index contributed by atoms with van der Waals surface area (Å²) in [6.45, 7) is 1.26. The SMILES string of the molecule is O=C(O)C1CCN(c2ncc3cc(F)ccc3n2)CC1. The molecule has 6 heteroatoms. The number of piperidine rings is 1. The van der Waals surface area contributed by atoms with Gasteiger partial charge in [-0.3, -0.25) is 4.79 Å². The Bertz CT molecular complexity index is 654. The molecule has 0 radical (unpaired) electrons. The van der Waals surface area contributed by atoms with Gasteiger partial charge in [0.1, 0.15) is 5.82 Å². The lowest BCUT2D eigenvalue weighted by Gasteiger charge is -2.30. The molecule has 1 aromatic carbocycles. The van der Waals surface area contributed by atoms with Gasteiger partial charge < -0.3 is 10.0 Å². The number of aromatic nitrogens is 2. The van der Waals surface area contributed by atoms with E-state index in [1.807, 2.05) is 4.90 Å². The summed E-state index contributed by atoms with van der Waals surface area (Å²) in [4.78, 5) is 21.5. The average molecular weight is 275 g/mol. The Morgan fingerprint density at radius 2 is 2.10 bits per heavy atom. The molecule has 0 unspecified atom stereocenters. The number of hydrogen-bond donors (Lipinski definition) is 1. The molecule has 1 aliphatic heterocycles. The Hall–Kier alpha value is -2.24. The van der Waals surface area contributed by atoms with E-state index >= 15 is 0 Å². The number of halogens is 1. The largest absolute Gasteiger partial charge is 0.481 e. The number of anilines is 1. The second-order valence-electron chi connectivity index (χ2n) is 4.97. The molecule has 104 valence electrons. The van der Waals surface area contributed by atoms with Crippen molar-refractivity contribution >= 4 is 22.8 Å². The van der Waals surface area contributed by atoms with Gasteiger partial charge in [0, 0.05) is 24.7 Å². The molecule has 0 aliphatic carbocycles. The molecule has 0 saturated carbocycles. The molecule has 0 atom stereocenters. The van der Waals surface area contributed by atoms with Crippen LogP contribution in [0.15, 0.2) is 24.4 Å². The minimum atomic E-state index is -0.737. The number of carboxylic acid groups (broad SMARTS) is 1. The third kappa shape index (κ3) is 2.41. The number of aliphatic carboxylic acids is 1. The number of benzene rings is 1. The van der Waals surface area contributed by atoms with Gasteiger partial charge in [0.05, 0.1) is 11.4 Å². The highest BCUT2D eigenvalue weighted by atomic mass is 19.1. The number of carbonyl (C=O) groups is 1. The molecule has 1 fully saturated rings. The van der Waals surface area contributed by atoms with Crippen LogP contribution in [-0.4, -0.2) is 34.1 Å². The highest BCUT2D eigenvalue weighted by Gasteiger charge is 2.25. The third-order valence-electron chi connectivity index (χ3n) is 3.66. The first-order valence-corrected chi connectivity index (χ1v) is 6.53. The van der Waals surface area contributed by atoms with E-state index in [9.17, 15) is 9.18 Å². The Morgan fingerprint density at radius 3 is 2.80 bits per heavy atom. The Kier molecular flexibility index (Phi) is 3.22. The van der Waals surface area contributed by atoms with Crippen molar-refractivity contribution in [2.24, 2.45) is 5.92 Å². The normalized spacial score (nSPS) is 16.6. The molecule has 0 bridgehead atoms. The van der Waals surface area contributed by atoms with Crippen LogP contribution in [0, 0.1) is 11.7 Å². The molecule has 20 heavy (non-hydrogen) atoms. The maximum atomic E-state index is 13.1. The number of fused-ring (bicyclic) bond motifs is 1. The average Bonchev–Trinajstić information content (AvgIpc) is 2.47. The monoisotopic (exact) mass is 275 g/mol. The molecule has 2 heterocycles. The van der Waals surface area contributed by atoms with Crippen molar-refractivity contribution in [1.29, 1.82) is 0 Å². The molecule has 1 saturated heterocycles. The number of nitrogens with zero attached hydrogens (tertiary/aromatic N) is 3. The minimum absolute atomic E-state index is 0.277. The Labute approximate surface area is 115 Å². The minimum Gasteiger partial charge on any atom is -0.481 e. The third-order valence-corrected chi connectivity index (χ3v) is 3.66. The van der Waals surface area contributed by atoms with E-state index in [-0.39, 0.29) is 11.7 Å². The van der Waals surface area contributed by atoms with Crippen molar-refractivity contribution in [1.82, 2.24) is 9.97 Å². The van der Waals surface area contributed by atoms with Crippen LogP contribution >= 0.6 is 0 Å². The number of carboxylic acids is 1. The quantitative estimate of drug-likeness (QED) is 0.908. The summed E-state index contributed by atoms with van der Waals surface area (Å²) in [6, 6.07) is 4.39. The maximum absolute atomic E-state index is 13.1. The van der Waals surface area contributed by atoms with E-state index in [0.717, 1.165) is 0 Å². The van der Waals surface area contributed by atoms with E-state index in [1.165, 1.54) is 12.1 Å². The van der Waals surface area contributed by atoms with Crippen molar-refractivity contribution < 1.29 is 14.3 Å². The summed E-state index contributed by atoms with van der Waals surface area (Å²) in [5, 5.41) is 9.64. The number of hydrogen-bond acceptors (Lipinski definition) is 4. The van der Waals surface area contributed by atoms with Crippen molar-refractivity contribution in [2.75, 3.05) is 18.0 Å². The predicted molar refractivity (Wildman–Crippen MR) is 72.1 cm³/mol. The van der Waals surface area contributed by atoms with Gasteiger partial charge in [-0.2, -0.15) is 0 Å². The number of rotatable bonds is 2. The van der Waals surface area contributed by atoms with E-state index in [4.69, 9.17) is 5.11 Å². The van der Waals surface area contributed by atoms with Gasteiger partial charge in [-0.1, -0.05) is 0 Å². The van der Waals surface area contributed by atoms with Gasteiger partial charge in [-0.25, -0.2) is 14.4 Å². The Morgan fingerprint density at radius 1 is 1.35 bits per heavy atom. The van der Waals surface area contributed by atoms with E-state index in [1.54, 1.807) is 12.3 Å². The first-order valence-electron chi connectivity index (χ1n) is 6.53. The van der Waals surface area contributed by atoms with Gasteiger partial charge in [0.25, 0.3) is 0 Å². The fourth-order valence-electron chi connectivity index (χ4n) is 2.47. The smallest absolute Gasteiger partial charge is 0.306 e. The van der Waals surface area contributed by atoms with Gasteiger partial charge in [0.2, 0.25) is 5.95 Å². The molecule has 0 amide bonds. The fraction of sp³-hybridized carbons (Fsp3) is 0.357. The molecular formula is C14H14FN3O2. The van der Waals surface area contributed by atoms with Crippen molar-refractivity contribution in [2.45, 2.75) is 12.8 Å². The lowest BCUT2D eigenvalue weighted by molar-refractivity contribution is -0.142. The van der Waals surface area contributed by atoms with Crippen LogP contribution in [0.25, 0.3) is 10.9 Å². The molecule has 5 nitrogen and oxygen atoms in total. The molecule has 1 aliphatic rings. The standard InChI is InChI=1S/C14H14FN3O2/c15-11-1-2-12-10(7-11)8-16-14(17-12)18-5-3-9(4-6-18)13(19)20/h1-2,7-9H,3-6H2,(H,19,20). The van der Waals surface area contributed by atoms with Crippen molar-refractivity contribution in [3.63, 3.8) is 0 Å². The van der Waals surface area contributed by atoms with Crippen LogP contribution in [0.5, 0.6) is 0 Å². The van der Waals surface area contributed by atoms with Crippen molar-refractivity contribution in [3.8, 4) is 0 Å². The van der Waals surface area contributed by atoms with E-state index in [0.29, 0.717) is 42.8 Å². The second kappa shape index (κ2) is 5.03. The molecule has 1 N–H and O–H groups in total. The molecular weight excluding hydrogens is 261 g/mol. The first-order chi connectivity index (χ1) is 9.63. The van der Waals surface area contributed by atoms with Crippen molar-refractivity contribution in [3.05, 3.63) is 30.2 Å². The van der Waals surface area contributed by atoms with Gasteiger partial charge >= 0.3 is 5.97 Å². The van der Waals surface area contributed by atoms with Crippen LogP contribution < -0.4 is 4.90 Å². The maximum Gasteiger partial charge on any atom is 0.306 e. The molecule has 2 aromatic rings. The second-order valence-corrected chi connectivity index (χ2v) is 4.97. The van der Waals surface area contributed by atoms with Crippen LogP contribution in [0.2, 0.25) is 0 Å². The highest BCUT2D eigenvalue weighted by molar-refractivity contribution is 5.78. The summed E-state index contributed by atoms with van der Waals surface area (Å²) in [7, 11) is 0. The van der Waals surface area contributed by atoms with Gasteiger partial charge in [0.15, 0.2) is 0 Å². The van der Waals surface area contributed by atoms with E-state index < -0.39 is 5.97 Å². The summed E-state index contributed by atoms with van der Waals surface area (Å²) >= 11 is 0. The van der Waals surface area contributed by atoms with Crippen LogP contribution in [-0.2, 0) is 4.79 Å².